The zero-order valence-electron chi connectivity index (χ0n) is 19.6. The molecule has 2 N–H and O–H groups in total. The monoisotopic (exact) mass is 461 g/mol. The van der Waals surface area contributed by atoms with Gasteiger partial charge in [-0.15, -0.1) is 0 Å². The van der Waals surface area contributed by atoms with Gasteiger partial charge in [-0.2, -0.15) is 0 Å². The second-order valence-electron chi connectivity index (χ2n) is 8.50. The van der Waals surface area contributed by atoms with E-state index in [9.17, 15) is 4.79 Å². The van der Waals surface area contributed by atoms with Crippen LogP contribution in [-0.2, 0) is 11.3 Å². The van der Waals surface area contributed by atoms with Gasteiger partial charge in [0.2, 0.25) is 5.91 Å². The molecular weight excluding hydrogens is 430 g/mol. The van der Waals surface area contributed by atoms with Gasteiger partial charge in [0.15, 0.2) is 5.11 Å². The number of nitrogens with zero attached hydrogens (tertiary/aromatic N) is 3. The minimum Gasteiger partial charge on any atom is -0.352 e. The molecule has 7 heteroatoms. The highest BCUT2D eigenvalue weighted by molar-refractivity contribution is 7.80. The lowest BCUT2D eigenvalue weighted by molar-refractivity contribution is -0.116. The Labute approximate surface area is 201 Å². The number of amides is 1. The van der Waals surface area contributed by atoms with Crippen LogP contribution in [0.1, 0.15) is 53.6 Å². The number of thiocarbonyl (C=S) groups is 1. The Morgan fingerprint density at radius 1 is 1.15 bits per heavy atom. The molecule has 3 aromatic rings. The van der Waals surface area contributed by atoms with Gasteiger partial charge < -0.3 is 20.1 Å². The van der Waals surface area contributed by atoms with E-state index in [1.165, 1.54) is 17.0 Å². The number of carbonyl (C=O) groups excluding carboxylic acids is 1. The lowest BCUT2D eigenvalue weighted by Gasteiger charge is -2.28. The Kier molecular flexibility index (Phi) is 6.79. The second kappa shape index (κ2) is 9.75. The first-order chi connectivity index (χ1) is 15.9. The standard InChI is InChI=1S/C26H31N5OS/c1-5-30-18(3)16-20(19(30)4)25-24(22-12-8-9-14-27-22)29-26(33)31(25)15-13-23(32)28-21-11-7-6-10-17(21)2/h6-12,14,16,24-25H,5,13,15H2,1-4H3,(H,28,32)(H,29,33)/t24-,25+/m1/s1. The summed E-state index contributed by atoms with van der Waals surface area (Å²) in [4.78, 5) is 19.5. The lowest BCUT2D eigenvalue weighted by atomic mass is 9.96. The fraction of sp³-hybridized carbons (Fsp3) is 0.346. The minimum absolute atomic E-state index is 0.0221. The topological polar surface area (TPSA) is 62.2 Å². The number of hydrogen-bond donors (Lipinski definition) is 2. The number of aromatic nitrogens is 2. The summed E-state index contributed by atoms with van der Waals surface area (Å²) in [5.74, 6) is -0.0221. The van der Waals surface area contributed by atoms with Crippen molar-refractivity contribution >= 4 is 28.9 Å². The fourth-order valence-corrected chi connectivity index (χ4v) is 5.08. The van der Waals surface area contributed by atoms with Crippen molar-refractivity contribution in [1.82, 2.24) is 19.8 Å². The van der Waals surface area contributed by atoms with Gasteiger partial charge in [0.1, 0.15) is 0 Å². The second-order valence-corrected chi connectivity index (χ2v) is 8.89. The molecule has 1 saturated heterocycles. The van der Waals surface area contributed by atoms with E-state index in [0.29, 0.717) is 18.1 Å². The zero-order valence-corrected chi connectivity index (χ0v) is 20.4. The van der Waals surface area contributed by atoms with Crippen LogP contribution >= 0.6 is 12.2 Å². The van der Waals surface area contributed by atoms with Crippen LogP contribution in [0.5, 0.6) is 0 Å². The molecule has 2 atom stereocenters. The third kappa shape index (κ3) is 4.64. The summed E-state index contributed by atoms with van der Waals surface area (Å²) in [7, 11) is 0. The van der Waals surface area contributed by atoms with Gasteiger partial charge in [0, 0.05) is 42.8 Å². The Morgan fingerprint density at radius 3 is 2.58 bits per heavy atom. The lowest BCUT2D eigenvalue weighted by Crippen LogP contribution is -2.33. The third-order valence-electron chi connectivity index (χ3n) is 6.44. The van der Waals surface area contributed by atoms with Crippen LogP contribution in [0.3, 0.4) is 0 Å². The maximum absolute atomic E-state index is 12.8. The van der Waals surface area contributed by atoms with Gasteiger partial charge in [-0.25, -0.2) is 0 Å². The zero-order chi connectivity index (χ0) is 23.5. The van der Waals surface area contributed by atoms with Crippen LogP contribution in [0.15, 0.2) is 54.7 Å². The van der Waals surface area contributed by atoms with Crippen LogP contribution in [-0.4, -0.2) is 32.0 Å². The van der Waals surface area contributed by atoms with Gasteiger partial charge in [0.05, 0.1) is 17.8 Å². The predicted molar refractivity (Wildman–Crippen MR) is 136 cm³/mol. The number of hydrogen-bond acceptors (Lipinski definition) is 3. The average Bonchev–Trinajstić information content (AvgIpc) is 3.29. The van der Waals surface area contributed by atoms with Crippen molar-refractivity contribution < 1.29 is 4.79 Å². The summed E-state index contributed by atoms with van der Waals surface area (Å²) in [6.07, 6.45) is 2.15. The molecule has 0 saturated carbocycles. The van der Waals surface area contributed by atoms with E-state index in [1.807, 2.05) is 55.6 Å². The smallest absolute Gasteiger partial charge is 0.226 e. The molecule has 0 spiro atoms. The number of nitrogens with one attached hydrogen (secondary N) is 2. The summed E-state index contributed by atoms with van der Waals surface area (Å²) in [6.45, 7) is 9.88. The molecule has 2 aromatic heterocycles. The van der Waals surface area contributed by atoms with E-state index in [1.54, 1.807) is 0 Å². The molecule has 1 fully saturated rings. The Bertz CT molecular complexity index is 1160. The maximum Gasteiger partial charge on any atom is 0.226 e. The quantitative estimate of drug-likeness (QED) is 0.494. The average molecular weight is 462 g/mol. The van der Waals surface area contributed by atoms with E-state index in [0.717, 1.165) is 23.5 Å². The molecule has 1 aromatic carbocycles. The molecule has 6 nitrogen and oxygen atoms in total. The fourth-order valence-electron chi connectivity index (χ4n) is 4.75. The summed E-state index contributed by atoms with van der Waals surface area (Å²) in [5, 5.41) is 7.17. The number of rotatable bonds is 7. The van der Waals surface area contributed by atoms with Crippen molar-refractivity contribution in [3.8, 4) is 0 Å². The van der Waals surface area contributed by atoms with Crippen LogP contribution < -0.4 is 10.6 Å². The Morgan fingerprint density at radius 2 is 1.91 bits per heavy atom. The Hall–Kier alpha value is -3.19. The number of pyridine rings is 1. The SMILES string of the molecule is CCn1c(C)cc([C@H]2[C@@H](c3ccccn3)NC(=S)N2CCC(=O)Nc2ccccc2C)c1C. The predicted octanol–water partition coefficient (Wildman–Crippen LogP) is 4.83. The third-order valence-corrected chi connectivity index (χ3v) is 6.80. The summed E-state index contributed by atoms with van der Waals surface area (Å²) in [6, 6.07) is 15.9. The first-order valence-electron chi connectivity index (χ1n) is 11.4. The highest BCUT2D eigenvalue weighted by atomic mass is 32.1. The highest BCUT2D eigenvalue weighted by Gasteiger charge is 2.41. The minimum atomic E-state index is -0.0797. The van der Waals surface area contributed by atoms with Gasteiger partial charge in [-0.1, -0.05) is 24.3 Å². The number of para-hydroxylation sites is 1. The molecule has 0 aliphatic carbocycles. The summed E-state index contributed by atoms with van der Waals surface area (Å²) >= 11 is 5.76. The van der Waals surface area contributed by atoms with E-state index in [4.69, 9.17) is 12.2 Å². The van der Waals surface area contributed by atoms with Gasteiger partial charge in [-0.3, -0.25) is 9.78 Å². The maximum atomic E-state index is 12.8. The molecule has 1 amide bonds. The normalized spacial score (nSPS) is 17.8. The first kappa shape index (κ1) is 23.0. The molecule has 1 aliphatic heterocycles. The van der Waals surface area contributed by atoms with Crippen LogP contribution in [0, 0.1) is 20.8 Å². The van der Waals surface area contributed by atoms with Crippen LogP contribution in [0.25, 0.3) is 0 Å². The van der Waals surface area contributed by atoms with Crippen molar-refractivity contribution in [2.45, 2.75) is 52.7 Å². The van der Waals surface area contributed by atoms with E-state index >= 15 is 0 Å². The summed E-state index contributed by atoms with van der Waals surface area (Å²) in [5.41, 5.74) is 6.50. The number of aryl methyl sites for hydroxylation is 2. The largest absolute Gasteiger partial charge is 0.352 e. The molecule has 1 aliphatic rings. The van der Waals surface area contributed by atoms with Gasteiger partial charge in [-0.05, 0) is 75.3 Å². The molecular formula is C26H31N5OS. The number of benzene rings is 1. The van der Waals surface area contributed by atoms with E-state index in [-0.39, 0.29) is 18.0 Å². The van der Waals surface area contributed by atoms with Crippen LogP contribution in [0.2, 0.25) is 0 Å². The first-order valence-corrected chi connectivity index (χ1v) is 11.8. The van der Waals surface area contributed by atoms with Crippen molar-refractivity contribution in [1.29, 1.82) is 0 Å². The van der Waals surface area contributed by atoms with E-state index < -0.39 is 0 Å². The molecule has 33 heavy (non-hydrogen) atoms. The van der Waals surface area contributed by atoms with Crippen molar-refractivity contribution in [2.24, 2.45) is 0 Å². The van der Waals surface area contributed by atoms with Gasteiger partial charge in [0.25, 0.3) is 0 Å². The van der Waals surface area contributed by atoms with Crippen molar-refractivity contribution in [3.63, 3.8) is 0 Å². The van der Waals surface area contributed by atoms with Crippen molar-refractivity contribution in [3.05, 3.63) is 82.9 Å². The Balaban J connectivity index is 1.60. The molecule has 0 unspecified atom stereocenters. The number of carbonyl (C=O) groups is 1. The molecule has 4 rings (SSSR count). The number of anilines is 1. The highest BCUT2D eigenvalue weighted by Crippen LogP contribution is 2.40. The molecule has 3 heterocycles. The molecule has 172 valence electrons. The van der Waals surface area contributed by atoms with Gasteiger partial charge >= 0.3 is 0 Å². The molecule has 0 radical (unpaired) electrons. The van der Waals surface area contributed by atoms with E-state index in [2.05, 4.69) is 51.9 Å². The molecule has 0 bridgehead atoms. The van der Waals surface area contributed by atoms with Crippen molar-refractivity contribution in [2.75, 3.05) is 11.9 Å². The van der Waals surface area contributed by atoms with Crippen LogP contribution in [0.4, 0.5) is 5.69 Å². The summed E-state index contributed by atoms with van der Waals surface area (Å²) < 4.78 is 2.31.